The van der Waals surface area contributed by atoms with Crippen LogP contribution < -0.4 is 0 Å². The van der Waals surface area contributed by atoms with E-state index in [9.17, 15) is 0 Å². The molecule has 2 rings (SSSR count). The van der Waals surface area contributed by atoms with Gasteiger partial charge in [-0.3, -0.25) is 0 Å². The third-order valence-electron chi connectivity index (χ3n) is 3.94. The zero-order chi connectivity index (χ0) is 16.2. The summed E-state index contributed by atoms with van der Waals surface area (Å²) in [6.45, 7) is 10.4. The average Bonchev–Trinajstić information content (AvgIpc) is 2.65. The van der Waals surface area contributed by atoms with Crippen molar-refractivity contribution in [3.63, 3.8) is 0 Å². The molecule has 1 aromatic carbocycles. The van der Waals surface area contributed by atoms with E-state index >= 15 is 0 Å². The van der Waals surface area contributed by atoms with Gasteiger partial charge in [0.2, 0.25) is 0 Å². The molecule has 1 fully saturated rings. The fourth-order valence-corrected chi connectivity index (χ4v) is 3.78. The lowest BCUT2D eigenvalue weighted by Gasteiger charge is -2.24. The first-order valence-corrected chi connectivity index (χ1v) is 8.98. The Morgan fingerprint density at radius 2 is 1.86 bits per heavy atom. The van der Waals surface area contributed by atoms with Gasteiger partial charge >= 0.3 is 0 Å². The van der Waals surface area contributed by atoms with E-state index in [1.165, 1.54) is 10.5 Å². The molecule has 0 bridgehead atoms. The van der Waals surface area contributed by atoms with Gasteiger partial charge in [-0.1, -0.05) is 29.8 Å². The van der Waals surface area contributed by atoms with Gasteiger partial charge in [-0.15, -0.1) is 11.8 Å². The van der Waals surface area contributed by atoms with Crippen molar-refractivity contribution >= 4 is 11.8 Å². The summed E-state index contributed by atoms with van der Waals surface area (Å²) in [5.74, 6) is 0.557. The SMILES string of the molecule is C/C(=C\CSc1ccccc1)CC[C@@H]1OC(C)(C)OC1(C)C. The minimum atomic E-state index is -0.463. The largest absolute Gasteiger partial charge is 0.344 e. The second kappa shape index (κ2) is 7.20. The molecule has 0 aromatic heterocycles. The van der Waals surface area contributed by atoms with Crippen molar-refractivity contribution in [2.45, 2.75) is 69.8 Å². The van der Waals surface area contributed by atoms with Gasteiger partial charge in [0, 0.05) is 10.6 Å². The van der Waals surface area contributed by atoms with E-state index in [-0.39, 0.29) is 11.7 Å². The number of allylic oxidation sites excluding steroid dienone is 1. The first-order valence-electron chi connectivity index (χ1n) is 8.00. The molecular formula is C19H28O2S. The van der Waals surface area contributed by atoms with E-state index < -0.39 is 5.79 Å². The smallest absolute Gasteiger partial charge is 0.164 e. The fraction of sp³-hybridized carbons (Fsp3) is 0.579. The Kier molecular flexibility index (Phi) is 5.76. The van der Waals surface area contributed by atoms with Crippen molar-refractivity contribution in [2.24, 2.45) is 0 Å². The summed E-state index contributed by atoms with van der Waals surface area (Å²) >= 11 is 1.87. The number of hydrogen-bond donors (Lipinski definition) is 0. The Morgan fingerprint density at radius 1 is 1.18 bits per heavy atom. The maximum absolute atomic E-state index is 6.03. The Balaban J connectivity index is 1.77. The third kappa shape index (κ3) is 5.15. The molecule has 0 N–H and O–H groups in total. The van der Waals surface area contributed by atoms with Crippen molar-refractivity contribution in [2.75, 3.05) is 5.75 Å². The molecule has 0 radical (unpaired) electrons. The van der Waals surface area contributed by atoms with Crippen LogP contribution in [0.15, 0.2) is 46.9 Å². The Hall–Kier alpha value is -0.770. The molecule has 0 amide bonds. The number of rotatable bonds is 6. The average molecular weight is 320 g/mol. The van der Waals surface area contributed by atoms with Gasteiger partial charge in [-0.25, -0.2) is 0 Å². The van der Waals surface area contributed by atoms with Crippen molar-refractivity contribution in [1.29, 1.82) is 0 Å². The zero-order valence-electron chi connectivity index (χ0n) is 14.4. The summed E-state index contributed by atoms with van der Waals surface area (Å²) in [4.78, 5) is 1.32. The lowest BCUT2D eigenvalue weighted by Crippen LogP contribution is -2.33. The molecule has 1 aliphatic rings. The molecule has 0 unspecified atom stereocenters. The molecule has 2 nitrogen and oxygen atoms in total. The predicted octanol–water partition coefficient (Wildman–Crippen LogP) is 5.44. The quantitative estimate of drug-likeness (QED) is 0.514. The third-order valence-corrected chi connectivity index (χ3v) is 4.88. The van der Waals surface area contributed by atoms with Crippen LogP contribution in [0.25, 0.3) is 0 Å². The highest BCUT2D eigenvalue weighted by Gasteiger charge is 2.46. The van der Waals surface area contributed by atoms with Crippen LogP contribution in [0, 0.1) is 0 Å². The summed E-state index contributed by atoms with van der Waals surface area (Å²) in [6.07, 6.45) is 4.55. The molecule has 22 heavy (non-hydrogen) atoms. The van der Waals surface area contributed by atoms with Crippen LogP contribution in [0.5, 0.6) is 0 Å². The van der Waals surface area contributed by atoms with Gasteiger partial charge in [0.25, 0.3) is 0 Å². The molecule has 0 saturated carbocycles. The Bertz CT molecular complexity index is 505. The Morgan fingerprint density at radius 3 is 2.45 bits per heavy atom. The standard InChI is InChI=1S/C19H28O2S/c1-15(13-14-22-16-9-7-6-8-10-16)11-12-17-18(2,3)21-19(4,5)20-17/h6-10,13,17H,11-12,14H2,1-5H3/b15-13+/t17-/m0/s1. The molecule has 1 aromatic rings. The molecule has 0 spiro atoms. The molecule has 3 heteroatoms. The second-order valence-corrected chi connectivity index (χ2v) is 8.02. The highest BCUT2D eigenvalue weighted by molar-refractivity contribution is 7.99. The first kappa shape index (κ1) is 17.6. The number of thioether (sulfide) groups is 1. The van der Waals surface area contributed by atoms with Crippen LogP contribution in [-0.2, 0) is 9.47 Å². The maximum Gasteiger partial charge on any atom is 0.164 e. The summed E-state index contributed by atoms with van der Waals surface area (Å²) in [7, 11) is 0. The summed E-state index contributed by atoms with van der Waals surface area (Å²) in [5, 5.41) is 0. The summed E-state index contributed by atoms with van der Waals surface area (Å²) in [5.41, 5.74) is 1.22. The van der Waals surface area contributed by atoms with Crippen molar-refractivity contribution in [3.8, 4) is 0 Å². The topological polar surface area (TPSA) is 18.5 Å². The van der Waals surface area contributed by atoms with E-state index in [0.29, 0.717) is 0 Å². The maximum atomic E-state index is 6.03. The van der Waals surface area contributed by atoms with Gasteiger partial charge in [-0.05, 0) is 59.6 Å². The van der Waals surface area contributed by atoms with Crippen LogP contribution in [-0.4, -0.2) is 23.2 Å². The zero-order valence-corrected chi connectivity index (χ0v) is 15.2. The summed E-state index contributed by atoms with van der Waals surface area (Å²) in [6, 6.07) is 10.5. The monoisotopic (exact) mass is 320 g/mol. The normalized spacial score (nSPS) is 23.7. The van der Waals surface area contributed by atoms with Gasteiger partial charge < -0.3 is 9.47 Å². The van der Waals surface area contributed by atoms with E-state index in [2.05, 4.69) is 57.2 Å². The van der Waals surface area contributed by atoms with Crippen molar-refractivity contribution < 1.29 is 9.47 Å². The minimum Gasteiger partial charge on any atom is -0.344 e. The highest BCUT2D eigenvalue weighted by Crippen LogP contribution is 2.38. The lowest BCUT2D eigenvalue weighted by atomic mass is 9.96. The summed E-state index contributed by atoms with van der Waals surface area (Å²) < 4.78 is 12.0. The van der Waals surface area contributed by atoms with Crippen LogP contribution in [0.1, 0.15) is 47.5 Å². The van der Waals surface area contributed by atoms with Crippen molar-refractivity contribution in [3.05, 3.63) is 42.0 Å². The van der Waals surface area contributed by atoms with Crippen LogP contribution in [0.2, 0.25) is 0 Å². The van der Waals surface area contributed by atoms with E-state index in [4.69, 9.17) is 9.47 Å². The van der Waals surface area contributed by atoms with Crippen LogP contribution >= 0.6 is 11.8 Å². The second-order valence-electron chi connectivity index (χ2n) is 6.93. The van der Waals surface area contributed by atoms with E-state index in [0.717, 1.165) is 18.6 Å². The number of benzene rings is 1. The molecule has 1 saturated heterocycles. The van der Waals surface area contributed by atoms with Crippen molar-refractivity contribution in [1.82, 2.24) is 0 Å². The number of hydrogen-bond acceptors (Lipinski definition) is 3. The Labute approximate surface area is 139 Å². The predicted molar refractivity (Wildman–Crippen MR) is 94.3 cm³/mol. The molecule has 1 aliphatic heterocycles. The molecule has 0 aliphatic carbocycles. The van der Waals surface area contributed by atoms with Gasteiger partial charge in [0.1, 0.15) is 0 Å². The molecular weight excluding hydrogens is 292 g/mol. The minimum absolute atomic E-state index is 0.160. The van der Waals surface area contributed by atoms with E-state index in [1.54, 1.807) is 0 Å². The van der Waals surface area contributed by atoms with Gasteiger partial charge in [0.15, 0.2) is 5.79 Å². The van der Waals surface area contributed by atoms with Gasteiger partial charge in [0.05, 0.1) is 11.7 Å². The lowest BCUT2D eigenvalue weighted by molar-refractivity contribution is -0.157. The molecule has 1 heterocycles. The number of ether oxygens (including phenoxy) is 2. The first-order chi connectivity index (χ1) is 10.3. The molecule has 1 atom stereocenters. The molecule has 122 valence electrons. The van der Waals surface area contributed by atoms with Gasteiger partial charge in [-0.2, -0.15) is 0 Å². The highest BCUT2D eigenvalue weighted by atomic mass is 32.2. The van der Waals surface area contributed by atoms with Crippen LogP contribution in [0.4, 0.5) is 0 Å². The fourth-order valence-electron chi connectivity index (χ4n) is 2.87. The van der Waals surface area contributed by atoms with E-state index in [1.807, 2.05) is 25.6 Å². The van der Waals surface area contributed by atoms with Crippen LogP contribution in [0.3, 0.4) is 0 Å².